The Morgan fingerprint density at radius 1 is 1.06 bits per heavy atom. The van der Waals surface area contributed by atoms with E-state index in [9.17, 15) is 9.59 Å². The zero-order chi connectivity index (χ0) is 24.8. The summed E-state index contributed by atoms with van der Waals surface area (Å²) in [4.78, 5) is 31.0. The monoisotopic (exact) mass is 492 g/mol. The molecule has 0 fully saturated rings. The molecule has 1 amide bonds. The van der Waals surface area contributed by atoms with Crippen molar-refractivity contribution in [1.29, 1.82) is 0 Å². The van der Waals surface area contributed by atoms with Crippen LogP contribution < -0.4 is 9.64 Å². The number of aromatic nitrogens is 3. The first-order valence-corrected chi connectivity index (χ1v) is 12.6. The van der Waals surface area contributed by atoms with Crippen molar-refractivity contribution >= 4 is 29.3 Å². The lowest BCUT2D eigenvalue weighted by Crippen LogP contribution is -2.36. The number of amides is 1. The van der Waals surface area contributed by atoms with Gasteiger partial charge in [0.25, 0.3) is 0 Å². The maximum absolute atomic E-state index is 12.9. The summed E-state index contributed by atoms with van der Waals surface area (Å²) in [7, 11) is 1.34. The van der Waals surface area contributed by atoms with E-state index in [4.69, 9.17) is 9.47 Å². The molecule has 3 aromatic rings. The third-order valence-electron chi connectivity index (χ3n) is 5.70. The maximum atomic E-state index is 12.9. The zero-order valence-corrected chi connectivity index (χ0v) is 20.9. The van der Waals surface area contributed by atoms with Gasteiger partial charge in [0, 0.05) is 23.8 Å². The number of methoxy groups -OCH3 is 1. The van der Waals surface area contributed by atoms with Crippen LogP contribution in [-0.2, 0) is 9.53 Å². The number of unbranched alkanes of at least 4 members (excludes halogenated alkanes) is 3. The molecule has 8 nitrogen and oxygen atoms in total. The van der Waals surface area contributed by atoms with Gasteiger partial charge in [-0.05, 0) is 24.6 Å². The highest BCUT2D eigenvalue weighted by molar-refractivity contribution is 7.99. The molecule has 0 N–H and O–H groups in total. The van der Waals surface area contributed by atoms with Crippen molar-refractivity contribution in [2.45, 2.75) is 50.9 Å². The summed E-state index contributed by atoms with van der Waals surface area (Å²) < 4.78 is 11.2. The molecule has 0 unspecified atom stereocenters. The average Bonchev–Trinajstić information content (AvgIpc) is 3.02. The van der Waals surface area contributed by atoms with Crippen molar-refractivity contribution in [3.63, 3.8) is 0 Å². The van der Waals surface area contributed by atoms with E-state index in [0.717, 1.165) is 12.2 Å². The number of hydrogen-bond donors (Lipinski definition) is 0. The average molecular weight is 493 g/mol. The Kier molecular flexibility index (Phi) is 7.97. The zero-order valence-electron chi connectivity index (χ0n) is 20.1. The van der Waals surface area contributed by atoms with Gasteiger partial charge in [0.15, 0.2) is 5.69 Å². The number of carbonyl (C=O) groups is 2. The van der Waals surface area contributed by atoms with Gasteiger partial charge < -0.3 is 9.47 Å². The van der Waals surface area contributed by atoms with E-state index in [1.54, 1.807) is 40.9 Å². The van der Waals surface area contributed by atoms with E-state index in [1.807, 2.05) is 24.3 Å². The fourth-order valence-electron chi connectivity index (χ4n) is 3.92. The van der Waals surface area contributed by atoms with Crippen LogP contribution in [0.2, 0.25) is 0 Å². The van der Waals surface area contributed by atoms with Crippen LogP contribution in [0, 0.1) is 0 Å². The molecule has 4 rings (SSSR count). The third kappa shape index (κ3) is 5.45. The number of para-hydroxylation sites is 1. The number of anilines is 1. The van der Waals surface area contributed by atoms with Crippen LogP contribution >= 0.6 is 11.8 Å². The first-order chi connectivity index (χ1) is 17.0. The van der Waals surface area contributed by atoms with Crippen LogP contribution in [0.5, 0.6) is 5.88 Å². The molecule has 1 atom stereocenters. The van der Waals surface area contributed by atoms with E-state index >= 15 is 0 Å². The van der Waals surface area contributed by atoms with Crippen molar-refractivity contribution in [1.82, 2.24) is 15.2 Å². The molecule has 2 aromatic carbocycles. The summed E-state index contributed by atoms with van der Waals surface area (Å²) in [6, 6.07) is 14.3. The predicted octanol–water partition coefficient (Wildman–Crippen LogP) is 5.44. The minimum absolute atomic E-state index is 0.203. The van der Waals surface area contributed by atoms with E-state index in [0.29, 0.717) is 39.1 Å². The smallest absolute Gasteiger partial charge is 0.337 e. The van der Waals surface area contributed by atoms with Gasteiger partial charge in [0.2, 0.25) is 23.2 Å². The molecule has 2 heterocycles. The molecule has 182 valence electrons. The molecular weight excluding hydrogens is 464 g/mol. The summed E-state index contributed by atoms with van der Waals surface area (Å²) in [5.74, 6) is 0.574. The van der Waals surface area contributed by atoms with E-state index in [-0.39, 0.29) is 5.91 Å². The number of esters is 1. The summed E-state index contributed by atoms with van der Waals surface area (Å²) in [5, 5.41) is 9.31. The molecule has 0 spiro atoms. The fraction of sp³-hybridized carbons (Fsp3) is 0.346. The van der Waals surface area contributed by atoms with Crippen molar-refractivity contribution in [2.24, 2.45) is 0 Å². The second kappa shape index (κ2) is 11.3. The summed E-state index contributed by atoms with van der Waals surface area (Å²) in [6.45, 7) is 3.67. The van der Waals surface area contributed by atoms with Crippen LogP contribution in [0.3, 0.4) is 0 Å². The Bertz CT molecular complexity index is 1200. The van der Waals surface area contributed by atoms with E-state index in [2.05, 4.69) is 22.1 Å². The number of thioether (sulfide) groups is 1. The Morgan fingerprint density at radius 3 is 2.54 bits per heavy atom. The lowest BCUT2D eigenvalue weighted by molar-refractivity contribution is -0.118. The second-order valence-electron chi connectivity index (χ2n) is 8.15. The Balaban J connectivity index is 1.73. The highest BCUT2D eigenvalue weighted by Gasteiger charge is 2.34. The standard InChI is InChI=1S/C26H28N4O4S/c1-4-5-6-9-16-35-26-27-23-22(28-29-26)20-10-7-8-11-21(20)30(17(2)31)24(34-23)18-12-14-19(15-13-18)25(32)33-3/h7-8,10-15,24H,4-6,9,16H2,1-3H3/t24-/m0/s1. The normalized spacial score (nSPS) is 14.4. The van der Waals surface area contributed by atoms with Gasteiger partial charge in [-0.1, -0.05) is 68.3 Å². The molecule has 0 bridgehead atoms. The minimum atomic E-state index is -0.805. The van der Waals surface area contributed by atoms with E-state index < -0.39 is 12.2 Å². The molecule has 35 heavy (non-hydrogen) atoms. The number of ether oxygens (including phenoxy) is 2. The van der Waals surface area contributed by atoms with Gasteiger partial charge in [-0.2, -0.15) is 4.98 Å². The number of carbonyl (C=O) groups excluding carboxylic acids is 2. The molecule has 0 aliphatic carbocycles. The summed E-state index contributed by atoms with van der Waals surface area (Å²) in [5.41, 5.74) is 2.94. The SMILES string of the molecule is CCCCCCSc1nnc2c(n1)O[C@@H](c1ccc(C(=O)OC)cc1)N(C(C)=O)c1ccccc1-2. The second-order valence-corrected chi connectivity index (χ2v) is 9.21. The first-order valence-electron chi connectivity index (χ1n) is 11.6. The van der Waals surface area contributed by atoms with E-state index in [1.165, 1.54) is 33.3 Å². The molecule has 0 radical (unpaired) electrons. The third-order valence-corrected chi connectivity index (χ3v) is 6.62. The van der Waals surface area contributed by atoms with Crippen LogP contribution in [0.1, 0.15) is 61.7 Å². The molecule has 1 aliphatic heterocycles. The largest absolute Gasteiger partial charge is 0.465 e. The summed E-state index contributed by atoms with van der Waals surface area (Å²) in [6.07, 6.45) is 3.84. The van der Waals surface area contributed by atoms with Crippen molar-refractivity contribution in [2.75, 3.05) is 17.8 Å². The van der Waals surface area contributed by atoms with Gasteiger partial charge in [-0.25, -0.2) is 4.79 Å². The minimum Gasteiger partial charge on any atom is -0.465 e. The van der Waals surface area contributed by atoms with Crippen LogP contribution in [0.15, 0.2) is 53.7 Å². The molecular formula is C26H28N4O4S. The Morgan fingerprint density at radius 2 is 1.83 bits per heavy atom. The van der Waals surface area contributed by atoms with Crippen LogP contribution in [-0.4, -0.2) is 39.9 Å². The molecule has 0 saturated carbocycles. The Labute approximate surface area is 209 Å². The van der Waals surface area contributed by atoms with Gasteiger partial charge >= 0.3 is 5.97 Å². The number of rotatable bonds is 8. The summed E-state index contributed by atoms with van der Waals surface area (Å²) >= 11 is 1.55. The highest BCUT2D eigenvalue weighted by Crippen LogP contribution is 2.43. The van der Waals surface area contributed by atoms with Crippen molar-refractivity contribution in [3.05, 3.63) is 59.7 Å². The molecule has 1 aromatic heterocycles. The highest BCUT2D eigenvalue weighted by atomic mass is 32.2. The topological polar surface area (TPSA) is 94.5 Å². The van der Waals surface area contributed by atoms with Gasteiger partial charge in [-0.3, -0.25) is 9.69 Å². The van der Waals surface area contributed by atoms with Crippen LogP contribution in [0.25, 0.3) is 11.3 Å². The first kappa shape index (κ1) is 24.7. The van der Waals surface area contributed by atoms with Gasteiger partial charge in [-0.15, -0.1) is 10.2 Å². The predicted molar refractivity (Wildman–Crippen MR) is 134 cm³/mol. The maximum Gasteiger partial charge on any atom is 0.337 e. The Hall–Kier alpha value is -3.46. The number of fused-ring (bicyclic) bond motifs is 3. The van der Waals surface area contributed by atoms with Crippen molar-refractivity contribution in [3.8, 4) is 17.1 Å². The lowest BCUT2D eigenvalue weighted by Gasteiger charge is -2.29. The molecule has 0 saturated heterocycles. The van der Waals surface area contributed by atoms with Gasteiger partial charge in [0.1, 0.15) is 0 Å². The van der Waals surface area contributed by atoms with Crippen LogP contribution in [0.4, 0.5) is 5.69 Å². The number of hydrogen-bond acceptors (Lipinski definition) is 8. The fourth-order valence-corrected chi connectivity index (χ4v) is 4.70. The number of nitrogens with zero attached hydrogens (tertiary/aromatic N) is 4. The van der Waals surface area contributed by atoms with Crippen molar-refractivity contribution < 1.29 is 19.1 Å². The number of benzene rings is 2. The lowest BCUT2D eigenvalue weighted by atomic mass is 10.1. The quantitative estimate of drug-likeness (QED) is 0.233. The molecule has 1 aliphatic rings. The van der Waals surface area contributed by atoms with Gasteiger partial charge in [0.05, 0.1) is 18.4 Å². The molecule has 9 heteroatoms.